The van der Waals surface area contributed by atoms with Crippen LogP contribution in [0.5, 0.6) is 5.75 Å². The average Bonchev–Trinajstić information content (AvgIpc) is 2.61. The van der Waals surface area contributed by atoms with Crippen molar-refractivity contribution in [3.63, 3.8) is 0 Å². The van der Waals surface area contributed by atoms with Gasteiger partial charge in [-0.15, -0.1) is 0 Å². The number of amides is 1. The molecule has 2 rings (SSSR count). The zero-order chi connectivity index (χ0) is 22.0. The van der Waals surface area contributed by atoms with Crippen LogP contribution in [0.15, 0.2) is 41.3 Å². The van der Waals surface area contributed by atoms with Gasteiger partial charge in [-0.05, 0) is 43.3 Å². The first-order valence-electron chi connectivity index (χ1n) is 7.88. The number of benzene rings is 2. The normalized spacial score (nSPS) is 13.1. The molecule has 0 saturated heterocycles. The Labute approximate surface area is 175 Å². The number of nitrogens with one attached hydrogen (secondary N) is 2. The van der Waals surface area contributed by atoms with Crippen LogP contribution in [0, 0.1) is 0 Å². The zero-order valence-corrected chi connectivity index (χ0v) is 17.3. The minimum absolute atomic E-state index is 0.0494. The lowest BCUT2D eigenvalue weighted by Crippen LogP contribution is -2.41. The zero-order valence-electron chi connectivity index (χ0n) is 15.0. The fourth-order valence-electron chi connectivity index (χ4n) is 2.24. The summed E-state index contributed by atoms with van der Waals surface area (Å²) < 4.78 is 70.7. The Bertz CT molecular complexity index is 1030. The van der Waals surface area contributed by atoms with Crippen LogP contribution in [-0.2, 0) is 21.0 Å². The molecule has 1 amide bonds. The van der Waals surface area contributed by atoms with Gasteiger partial charge < -0.3 is 10.1 Å². The first kappa shape index (κ1) is 23.3. The summed E-state index contributed by atoms with van der Waals surface area (Å²) in [7, 11) is -2.77. The predicted molar refractivity (Wildman–Crippen MR) is 103 cm³/mol. The Kier molecular flexibility index (Phi) is 7.05. The van der Waals surface area contributed by atoms with E-state index in [1.165, 1.54) is 32.2 Å². The molecule has 1 atom stereocenters. The topological polar surface area (TPSA) is 84.5 Å². The SMILES string of the molecule is COc1ccc(S(=O)(=O)N[C@H](C)C(=O)Nc2ccc(Cl)c(C(F)(F)F)c2)cc1Cl. The maximum Gasteiger partial charge on any atom is 0.417 e. The molecule has 0 unspecified atom stereocenters. The van der Waals surface area contributed by atoms with Crippen molar-refractivity contribution in [3.05, 3.63) is 52.0 Å². The maximum absolute atomic E-state index is 12.9. The molecule has 0 bridgehead atoms. The fourth-order valence-corrected chi connectivity index (χ4v) is 4.02. The van der Waals surface area contributed by atoms with Crippen molar-refractivity contribution >= 4 is 44.8 Å². The standard InChI is InChI=1S/C17H15Cl2F3N2O4S/c1-9(24-29(26,27)11-4-6-15(28-2)14(19)8-11)16(25)23-10-3-5-13(18)12(7-10)17(20,21)22/h3-9,24H,1-2H3,(H,23,25)/t9-/m1/s1. The second-order valence-electron chi connectivity index (χ2n) is 5.82. The summed E-state index contributed by atoms with van der Waals surface area (Å²) in [6, 6.07) is 5.22. The van der Waals surface area contributed by atoms with E-state index < -0.39 is 38.7 Å². The Hall–Kier alpha value is -2.01. The third-order valence-electron chi connectivity index (χ3n) is 3.70. The van der Waals surface area contributed by atoms with E-state index in [1.807, 2.05) is 0 Å². The van der Waals surface area contributed by atoms with Crippen molar-refractivity contribution < 1.29 is 31.1 Å². The third kappa shape index (κ3) is 5.75. The van der Waals surface area contributed by atoms with E-state index in [1.54, 1.807) is 0 Å². The minimum atomic E-state index is -4.71. The van der Waals surface area contributed by atoms with E-state index in [-0.39, 0.29) is 21.4 Å². The highest BCUT2D eigenvalue weighted by molar-refractivity contribution is 7.89. The van der Waals surface area contributed by atoms with Gasteiger partial charge in [0.05, 0.1) is 33.7 Å². The summed E-state index contributed by atoms with van der Waals surface area (Å²) in [6.45, 7) is 1.23. The summed E-state index contributed by atoms with van der Waals surface area (Å²) in [5.41, 5.74) is -1.32. The van der Waals surface area contributed by atoms with E-state index in [0.717, 1.165) is 12.1 Å². The van der Waals surface area contributed by atoms with Gasteiger partial charge in [-0.25, -0.2) is 8.42 Å². The van der Waals surface area contributed by atoms with E-state index in [4.69, 9.17) is 27.9 Å². The number of ether oxygens (including phenoxy) is 1. The van der Waals surface area contributed by atoms with E-state index >= 15 is 0 Å². The van der Waals surface area contributed by atoms with Crippen molar-refractivity contribution in [3.8, 4) is 5.75 Å². The van der Waals surface area contributed by atoms with Gasteiger partial charge in [0.1, 0.15) is 5.75 Å². The predicted octanol–water partition coefficient (Wildman–Crippen LogP) is 4.33. The number of carbonyl (C=O) groups excluding carboxylic acids is 1. The van der Waals surface area contributed by atoms with Gasteiger partial charge >= 0.3 is 6.18 Å². The van der Waals surface area contributed by atoms with Crippen LogP contribution in [-0.4, -0.2) is 27.5 Å². The molecule has 12 heteroatoms. The van der Waals surface area contributed by atoms with Crippen LogP contribution in [0.3, 0.4) is 0 Å². The molecular formula is C17H15Cl2F3N2O4S. The fraction of sp³-hybridized carbons (Fsp3) is 0.235. The average molecular weight is 471 g/mol. The van der Waals surface area contributed by atoms with Gasteiger partial charge in [-0.3, -0.25) is 4.79 Å². The van der Waals surface area contributed by atoms with E-state index in [9.17, 15) is 26.4 Å². The first-order valence-corrected chi connectivity index (χ1v) is 10.1. The number of sulfonamides is 1. The number of halogens is 5. The summed E-state index contributed by atoms with van der Waals surface area (Å²) in [5, 5.41) is 1.74. The summed E-state index contributed by atoms with van der Waals surface area (Å²) in [6.07, 6.45) is -4.71. The molecule has 0 aliphatic rings. The summed E-state index contributed by atoms with van der Waals surface area (Å²) in [4.78, 5) is 12.0. The number of rotatable bonds is 6. The van der Waals surface area contributed by atoms with Crippen LogP contribution in [0.4, 0.5) is 18.9 Å². The van der Waals surface area contributed by atoms with Gasteiger partial charge in [-0.1, -0.05) is 23.2 Å². The molecular weight excluding hydrogens is 456 g/mol. The highest BCUT2D eigenvalue weighted by atomic mass is 35.5. The Morgan fingerprint density at radius 1 is 1.10 bits per heavy atom. The molecule has 0 heterocycles. The lowest BCUT2D eigenvalue weighted by atomic mass is 10.2. The van der Waals surface area contributed by atoms with Crippen molar-refractivity contribution in [2.45, 2.75) is 24.0 Å². The second kappa shape index (κ2) is 8.78. The molecule has 0 aliphatic carbocycles. The van der Waals surface area contributed by atoms with Crippen LogP contribution in [0.1, 0.15) is 12.5 Å². The molecule has 158 valence electrons. The Morgan fingerprint density at radius 3 is 2.31 bits per heavy atom. The number of hydrogen-bond donors (Lipinski definition) is 2. The number of methoxy groups -OCH3 is 1. The number of hydrogen-bond acceptors (Lipinski definition) is 4. The Morgan fingerprint density at radius 2 is 1.76 bits per heavy atom. The molecule has 6 nitrogen and oxygen atoms in total. The molecule has 29 heavy (non-hydrogen) atoms. The summed E-state index contributed by atoms with van der Waals surface area (Å²) in [5.74, 6) is -0.608. The number of carbonyl (C=O) groups is 1. The molecule has 2 aromatic carbocycles. The maximum atomic E-state index is 12.9. The molecule has 0 spiro atoms. The number of alkyl halides is 3. The van der Waals surface area contributed by atoms with E-state index in [2.05, 4.69) is 10.0 Å². The second-order valence-corrected chi connectivity index (χ2v) is 8.35. The smallest absolute Gasteiger partial charge is 0.417 e. The highest BCUT2D eigenvalue weighted by Crippen LogP contribution is 2.36. The van der Waals surface area contributed by atoms with Gasteiger partial charge in [0, 0.05) is 5.69 Å². The van der Waals surface area contributed by atoms with Crippen LogP contribution >= 0.6 is 23.2 Å². The van der Waals surface area contributed by atoms with Crippen molar-refractivity contribution in [1.82, 2.24) is 4.72 Å². The minimum Gasteiger partial charge on any atom is -0.495 e. The van der Waals surface area contributed by atoms with Crippen molar-refractivity contribution in [2.75, 3.05) is 12.4 Å². The lowest BCUT2D eigenvalue weighted by molar-refractivity contribution is -0.137. The number of anilines is 1. The van der Waals surface area contributed by atoms with Gasteiger partial charge in [-0.2, -0.15) is 17.9 Å². The third-order valence-corrected chi connectivity index (χ3v) is 5.86. The summed E-state index contributed by atoms with van der Waals surface area (Å²) >= 11 is 11.4. The van der Waals surface area contributed by atoms with Crippen LogP contribution in [0.25, 0.3) is 0 Å². The van der Waals surface area contributed by atoms with Crippen molar-refractivity contribution in [1.29, 1.82) is 0 Å². The van der Waals surface area contributed by atoms with Gasteiger partial charge in [0.2, 0.25) is 15.9 Å². The lowest BCUT2D eigenvalue weighted by Gasteiger charge is -2.16. The highest BCUT2D eigenvalue weighted by Gasteiger charge is 2.33. The monoisotopic (exact) mass is 470 g/mol. The first-order chi connectivity index (χ1) is 13.3. The molecule has 0 saturated carbocycles. The molecule has 0 aromatic heterocycles. The van der Waals surface area contributed by atoms with Gasteiger partial charge in [0.15, 0.2) is 0 Å². The quantitative estimate of drug-likeness (QED) is 0.657. The largest absolute Gasteiger partial charge is 0.495 e. The molecule has 2 N–H and O–H groups in total. The van der Waals surface area contributed by atoms with Gasteiger partial charge in [0.25, 0.3) is 0 Å². The molecule has 0 radical (unpaired) electrons. The molecule has 0 aliphatic heterocycles. The van der Waals surface area contributed by atoms with Crippen LogP contribution < -0.4 is 14.8 Å². The van der Waals surface area contributed by atoms with Crippen LogP contribution in [0.2, 0.25) is 10.0 Å². The molecule has 0 fully saturated rings. The Balaban J connectivity index is 2.16. The van der Waals surface area contributed by atoms with E-state index in [0.29, 0.717) is 6.07 Å². The van der Waals surface area contributed by atoms with Crippen molar-refractivity contribution in [2.24, 2.45) is 0 Å². The molecule has 2 aromatic rings.